The Kier molecular flexibility index (Phi) is 8.70. The number of hydrogen-bond acceptors (Lipinski definition) is 7. The number of fused-ring (bicyclic) bond motifs is 9. The number of aromatic nitrogens is 7. The zero-order chi connectivity index (χ0) is 43.6. The first-order chi connectivity index (χ1) is 32.7. The van der Waals surface area contributed by atoms with Gasteiger partial charge in [-0.2, -0.15) is 0 Å². The van der Waals surface area contributed by atoms with Gasteiger partial charge in [-0.15, -0.1) is 0 Å². The van der Waals surface area contributed by atoms with Gasteiger partial charge in [0.25, 0.3) is 0 Å². The highest BCUT2D eigenvalue weighted by molar-refractivity contribution is 6.12. The zero-order valence-electron chi connectivity index (χ0n) is 35.3. The highest BCUT2D eigenvalue weighted by Gasteiger charge is 2.22. The van der Waals surface area contributed by atoms with Gasteiger partial charge in [-0.3, -0.25) is 0 Å². The maximum absolute atomic E-state index is 5.43. The van der Waals surface area contributed by atoms with E-state index in [0.29, 0.717) is 28.9 Å². The predicted octanol–water partition coefficient (Wildman–Crippen LogP) is 14.4. The van der Waals surface area contributed by atoms with E-state index in [1.165, 1.54) is 0 Å². The third-order valence-electron chi connectivity index (χ3n) is 12.5. The summed E-state index contributed by atoms with van der Waals surface area (Å²) in [6.45, 7) is 0. The molecule has 0 fully saturated rings. The average Bonchev–Trinajstić information content (AvgIpc) is 3.40. The van der Waals surface area contributed by atoms with Crippen molar-refractivity contribution >= 4 is 65.0 Å². The molecule has 9 aromatic carbocycles. The van der Waals surface area contributed by atoms with Crippen LogP contribution in [0.3, 0.4) is 0 Å². The van der Waals surface area contributed by atoms with Gasteiger partial charge in [-0.1, -0.05) is 182 Å². The molecule has 0 bridgehead atoms. The highest BCUT2D eigenvalue weighted by atomic mass is 15.0. The Morgan fingerprint density at radius 2 is 0.530 bits per heavy atom. The van der Waals surface area contributed by atoms with E-state index in [1.807, 2.05) is 66.7 Å². The van der Waals surface area contributed by atoms with E-state index in [4.69, 9.17) is 34.9 Å². The highest BCUT2D eigenvalue weighted by Crippen LogP contribution is 2.39. The number of pyridine rings is 1. The average molecular weight is 842 g/mol. The predicted molar refractivity (Wildman–Crippen MR) is 269 cm³/mol. The van der Waals surface area contributed by atoms with Crippen molar-refractivity contribution in [1.82, 2.24) is 34.9 Å². The Hall–Kier alpha value is -9.07. The lowest BCUT2D eigenvalue weighted by Crippen LogP contribution is -2.03. The van der Waals surface area contributed by atoms with Crippen LogP contribution in [0.15, 0.2) is 212 Å². The van der Waals surface area contributed by atoms with E-state index < -0.39 is 0 Å². The Balaban J connectivity index is 1.14. The molecule has 13 aromatic rings. The van der Waals surface area contributed by atoms with Crippen molar-refractivity contribution in [2.24, 2.45) is 0 Å². The minimum atomic E-state index is 0.463. The van der Waals surface area contributed by atoms with Gasteiger partial charge in [0.15, 0.2) is 17.5 Å². The van der Waals surface area contributed by atoms with Crippen LogP contribution in [0.4, 0.5) is 0 Å². The Morgan fingerprint density at radius 1 is 0.212 bits per heavy atom. The summed E-state index contributed by atoms with van der Waals surface area (Å²) >= 11 is 0. The Bertz CT molecular complexity index is 3610. The molecule has 0 aliphatic heterocycles. The molecule has 66 heavy (non-hydrogen) atoms. The van der Waals surface area contributed by atoms with Crippen molar-refractivity contribution < 1.29 is 0 Å². The van der Waals surface area contributed by atoms with Crippen molar-refractivity contribution in [3.63, 3.8) is 0 Å². The summed E-state index contributed by atoms with van der Waals surface area (Å²) in [5.74, 6) is 1.46. The molecule has 306 valence electrons. The third kappa shape index (κ3) is 6.32. The fraction of sp³-hybridized carbons (Fsp3) is 0. The molecule has 0 radical (unpaired) electrons. The van der Waals surface area contributed by atoms with E-state index >= 15 is 0 Å². The van der Waals surface area contributed by atoms with Crippen LogP contribution in [0, 0.1) is 0 Å². The largest absolute Gasteiger partial charge is 0.241 e. The summed E-state index contributed by atoms with van der Waals surface area (Å²) in [5, 5.41) is 9.25. The van der Waals surface area contributed by atoms with Crippen molar-refractivity contribution in [3.8, 4) is 68.2 Å². The second kappa shape index (κ2) is 15.3. The summed E-state index contributed by atoms with van der Waals surface area (Å²) in [7, 11) is 0. The van der Waals surface area contributed by atoms with Gasteiger partial charge in [-0.05, 0) is 46.5 Å². The van der Waals surface area contributed by atoms with Crippen LogP contribution in [0.2, 0.25) is 0 Å². The first-order valence-corrected chi connectivity index (χ1v) is 22.0. The minimum Gasteiger partial charge on any atom is -0.241 e. The molecule has 13 rings (SSSR count). The number of nitrogens with zero attached hydrogens (tertiary/aromatic N) is 7. The van der Waals surface area contributed by atoms with Crippen molar-refractivity contribution in [3.05, 3.63) is 212 Å². The van der Waals surface area contributed by atoms with Gasteiger partial charge in [0.1, 0.15) is 11.4 Å². The van der Waals surface area contributed by atoms with Gasteiger partial charge in [0.05, 0.1) is 33.6 Å². The lowest BCUT2D eigenvalue weighted by molar-refractivity contribution is 1.14. The number of rotatable bonds is 6. The summed E-state index contributed by atoms with van der Waals surface area (Å²) in [5.41, 5.74) is 9.76. The molecule has 0 saturated heterocycles. The molecule has 0 unspecified atom stereocenters. The van der Waals surface area contributed by atoms with Crippen molar-refractivity contribution in [1.29, 1.82) is 0 Å². The topological polar surface area (TPSA) is 90.2 Å². The molecular weight excluding hydrogens is 807 g/mol. The Morgan fingerprint density at radius 3 is 0.909 bits per heavy atom. The Labute approximate surface area is 378 Å². The molecule has 0 aliphatic rings. The molecule has 4 aromatic heterocycles. The van der Waals surface area contributed by atoms with Crippen LogP contribution in [0.25, 0.3) is 133 Å². The molecule has 0 spiro atoms. The lowest BCUT2D eigenvalue weighted by atomic mass is 10.0. The summed E-state index contributed by atoms with van der Waals surface area (Å²) in [6.07, 6.45) is 0. The second-order valence-electron chi connectivity index (χ2n) is 16.5. The SMILES string of the molecule is c1ccc(-c2nc(-c3cc(-c4nc(-c5ccccc5)c5ccc6ccccc6c5n4)nc(-c4nc(-c5ccccc5)c5ccc6ccccc6c5n4)c3)nc3c2ccc2ccccc23)cc1. The van der Waals surface area contributed by atoms with Crippen LogP contribution in [-0.2, 0) is 0 Å². The van der Waals surface area contributed by atoms with Crippen molar-refractivity contribution in [2.45, 2.75) is 0 Å². The molecular formula is C59H35N7. The normalized spacial score (nSPS) is 11.6. The van der Waals surface area contributed by atoms with E-state index in [1.54, 1.807) is 0 Å². The van der Waals surface area contributed by atoms with E-state index in [2.05, 4.69) is 146 Å². The second-order valence-corrected chi connectivity index (χ2v) is 16.5. The summed E-state index contributed by atoms with van der Waals surface area (Å²) < 4.78 is 0. The third-order valence-corrected chi connectivity index (χ3v) is 12.5. The fourth-order valence-electron chi connectivity index (χ4n) is 9.29. The smallest absolute Gasteiger partial charge is 0.179 e. The minimum absolute atomic E-state index is 0.463. The molecule has 0 saturated carbocycles. The zero-order valence-corrected chi connectivity index (χ0v) is 35.3. The van der Waals surface area contributed by atoms with Crippen LogP contribution in [0.1, 0.15) is 0 Å². The molecule has 0 amide bonds. The summed E-state index contributed by atoms with van der Waals surface area (Å²) in [4.78, 5) is 37.8. The lowest BCUT2D eigenvalue weighted by Gasteiger charge is -2.15. The number of hydrogen-bond donors (Lipinski definition) is 0. The molecule has 7 nitrogen and oxygen atoms in total. The van der Waals surface area contributed by atoms with Gasteiger partial charge in [0.2, 0.25) is 0 Å². The van der Waals surface area contributed by atoms with Gasteiger partial charge in [0, 0.05) is 54.6 Å². The van der Waals surface area contributed by atoms with Gasteiger partial charge < -0.3 is 0 Å². The molecule has 0 atom stereocenters. The van der Waals surface area contributed by atoms with Crippen LogP contribution >= 0.6 is 0 Å². The van der Waals surface area contributed by atoms with E-state index in [9.17, 15) is 0 Å². The fourth-order valence-corrected chi connectivity index (χ4v) is 9.29. The maximum atomic E-state index is 5.43. The van der Waals surface area contributed by atoms with Crippen LogP contribution in [-0.4, -0.2) is 34.9 Å². The molecule has 0 aliphatic carbocycles. The molecule has 4 heterocycles. The van der Waals surface area contributed by atoms with E-state index in [0.717, 1.165) is 104 Å². The van der Waals surface area contributed by atoms with Gasteiger partial charge >= 0.3 is 0 Å². The van der Waals surface area contributed by atoms with E-state index in [-0.39, 0.29) is 0 Å². The van der Waals surface area contributed by atoms with Crippen LogP contribution in [0.5, 0.6) is 0 Å². The standard InChI is InChI=1S/C59H35N7/c1-4-19-39(20-5-1)51-46-31-28-36-16-10-13-25-43(36)54(46)64-57(61-51)42-34-49(58-62-52(40-21-6-2-7-22-40)47-32-29-37-17-11-14-26-44(37)55(47)65-58)60-50(35-42)59-63-53(41-23-8-3-9-24-41)48-33-30-38-18-12-15-27-45(38)56(48)66-59/h1-35H. The summed E-state index contributed by atoms with van der Waals surface area (Å²) in [6, 6.07) is 72.8. The van der Waals surface area contributed by atoms with Gasteiger partial charge in [-0.25, -0.2) is 34.9 Å². The first-order valence-electron chi connectivity index (χ1n) is 22.0. The first kappa shape index (κ1) is 37.5. The maximum Gasteiger partial charge on any atom is 0.179 e. The van der Waals surface area contributed by atoms with Crippen LogP contribution < -0.4 is 0 Å². The van der Waals surface area contributed by atoms with Crippen molar-refractivity contribution in [2.75, 3.05) is 0 Å². The quantitative estimate of drug-likeness (QED) is 0.154. The molecule has 0 N–H and O–H groups in total. The number of benzene rings is 9. The molecule has 7 heteroatoms. The monoisotopic (exact) mass is 841 g/mol.